The lowest BCUT2D eigenvalue weighted by Crippen LogP contribution is -2.39. The third-order valence-corrected chi connectivity index (χ3v) is 5.39. The fourth-order valence-corrected chi connectivity index (χ4v) is 4.29. The van der Waals surface area contributed by atoms with Crippen molar-refractivity contribution in [3.8, 4) is 5.75 Å². The lowest BCUT2D eigenvalue weighted by molar-refractivity contribution is 0.260. The van der Waals surface area contributed by atoms with Crippen LogP contribution in [0.1, 0.15) is 49.8 Å². The number of ether oxygens (including phenoxy) is 1. The number of hydrogen-bond acceptors (Lipinski definition) is 1. The Morgan fingerprint density at radius 3 is 2.79 bits per heavy atom. The van der Waals surface area contributed by atoms with Crippen LogP contribution >= 0.6 is 0 Å². The van der Waals surface area contributed by atoms with Crippen molar-refractivity contribution in [3.05, 3.63) is 40.5 Å². The van der Waals surface area contributed by atoms with Crippen LogP contribution in [0, 0.1) is 12.8 Å². The van der Waals surface area contributed by atoms with Gasteiger partial charge in [-0.1, -0.05) is 24.6 Å². The van der Waals surface area contributed by atoms with E-state index in [0.717, 1.165) is 11.7 Å². The first kappa shape index (κ1) is 12.8. The van der Waals surface area contributed by atoms with Crippen LogP contribution < -0.4 is 4.74 Å². The zero-order valence-electron chi connectivity index (χ0n) is 12.5. The lowest BCUT2D eigenvalue weighted by atomic mass is 9.58. The Morgan fingerprint density at radius 1 is 1.26 bits per heavy atom. The molecule has 0 N–H and O–H groups in total. The molecule has 3 rings (SSSR count). The van der Waals surface area contributed by atoms with Crippen LogP contribution in [0.3, 0.4) is 0 Å². The highest BCUT2D eigenvalue weighted by Crippen LogP contribution is 2.51. The Balaban J connectivity index is 2.15. The molecule has 0 fully saturated rings. The molecule has 1 heteroatoms. The van der Waals surface area contributed by atoms with Gasteiger partial charge in [-0.2, -0.15) is 0 Å². The van der Waals surface area contributed by atoms with Crippen LogP contribution in [0.4, 0.5) is 0 Å². The molecule has 102 valence electrons. The fraction of sp³-hybridized carbons (Fsp3) is 0.556. The number of rotatable bonds is 1. The normalized spacial score (nSPS) is 29.3. The van der Waals surface area contributed by atoms with Gasteiger partial charge in [0.05, 0.1) is 7.11 Å². The van der Waals surface area contributed by atoms with E-state index in [9.17, 15) is 0 Å². The number of aryl methyl sites for hydroxylation is 2. The molecule has 0 amide bonds. The molecule has 2 aliphatic rings. The molecule has 0 saturated carbocycles. The summed E-state index contributed by atoms with van der Waals surface area (Å²) < 4.78 is 5.55. The van der Waals surface area contributed by atoms with Crippen molar-refractivity contribution in [1.29, 1.82) is 0 Å². The third kappa shape index (κ3) is 1.82. The molecule has 0 bridgehead atoms. The Morgan fingerprint density at radius 2 is 2.05 bits per heavy atom. The number of allylic oxidation sites excluding steroid dienone is 2. The Labute approximate surface area is 116 Å². The fourth-order valence-electron chi connectivity index (χ4n) is 4.29. The van der Waals surface area contributed by atoms with E-state index in [4.69, 9.17) is 4.74 Å². The standard InChI is InChI=1S/C18H24O/c1-12-6-5-9-18(3)15(12)8-7-14-10-13(2)17(19-4)11-16(14)18/h6,10-11,15H,5,7-9H2,1-4H3. The van der Waals surface area contributed by atoms with Crippen molar-refractivity contribution in [2.45, 2.75) is 51.9 Å². The molecule has 0 saturated heterocycles. The summed E-state index contributed by atoms with van der Waals surface area (Å²) in [5.74, 6) is 1.77. The molecule has 0 spiro atoms. The third-order valence-electron chi connectivity index (χ3n) is 5.39. The average Bonchev–Trinajstić information content (AvgIpc) is 2.37. The van der Waals surface area contributed by atoms with Gasteiger partial charge in [-0.05, 0) is 73.6 Å². The van der Waals surface area contributed by atoms with Crippen LogP contribution in [0.2, 0.25) is 0 Å². The van der Waals surface area contributed by atoms with E-state index in [1.807, 2.05) is 0 Å². The van der Waals surface area contributed by atoms with Gasteiger partial charge < -0.3 is 4.74 Å². The molecule has 2 aliphatic carbocycles. The Hall–Kier alpha value is -1.24. The largest absolute Gasteiger partial charge is 0.496 e. The first-order chi connectivity index (χ1) is 9.06. The molecular formula is C18H24O. The topological polar surface area (TPSA) is 9.23 Å². The number of hydrogen-bond donors (Lipinski definition) is 0. The van der Waals surface area contributed by atoms with Crippen molar-refractivity contribution in [2.75, 3.05) is 7.11 Å². The van der Waals surface area contributed by atoms with E-state index in [-0.39, 0.29) is 0 Å². The second-order valence-corrected chi connectivity index (χ2v) is 6.47. The zero-order chi connectivity index (χ0) is 13.6. The Bertz CT molecular complexity index is 541. The summed E-state index contributed by atoms with van der Waals surface area (Å²) in [5.41, 5.74) is 6.27. The van der Waals surface area contributed by atoms with E-state index < -0.39 is 0 Å². The zero-order valence-corrected chi connectivity index (χ0v) is 12.5. The van der Waals surface area contributed by atoms with Gasteiger partial charge in [0.25, 0.3) is 0 Å². The molecule has 2 atom stereocenters. The Kier molecular flexibility index (Phi) is 2.96. The van der Waals surface area contributed by atoms with Crippen molar-refractivity contribution in [3.63, 3.8) is 0 Å². The minimum atomic E-state index is 0.313. The highest BCUT2D eigenvalue weighted by Gasteiger charge is 2.42. The van der Waals surface area contributed by atoms with E-state index in [2.05, 4.69) is 39.0 Å². The molecule has 0 aliphatic heterocycles. The summed E-state index contributed by atoms with van der Waals surface area (Å²) in [6, 6.07) is 4.67. The van der Waals surface area contributed by atoms with Crippen LogP contribution in [-0.2, 0) is 11.8 Å². The summed E-state index contributed by atoms with van der Waals surface area (Å²) in [7, 11) is 1.78. The van der Waals surface area contributed by atoms with Gasteiger partial charge >= 0.3 is 0 Å². The molecular weight excluding hydrogens is 232 g/mol. The quantitative estimate of drug-likeness (QED) is 0.669. The summed E-state index contributed by atoms with van der Waals surface area (Å²) in [5, 5.41) is 0. The maximum Gasteiger partial charge on any atom is 0.122 e. The molecule has 0 radical (unpaired) electrons. The van der Waals surface area contributed by atoms with Crippen molar-refractivity contribution < 1.29 is 4.74 Å². The highest BCUT2D eigenvalue weighted by atomic mass is 16.5. The van der Waals surface area contributed by atoms with Crippen molar-refractivity contribution in [1.82, 2.24) is 0 Å². The monoisotopic (exact) mass is 256 g/mol. The smallest absolute Gasteiger partial charge is 0.122 e. The van der Waals surface area contributed by atoms with Gasteiger partial charge in [-0.15, -0.1) is 0 Å². The molecule has 1 nitrogen and oxygen atoms in total. The van der Waals surface area contributed by atoms with Crippen LogP contribution in [-0.4, -0.2) is 7.11 Å². The summed E-state index contributed by atoms with van der Waals surface area (Å²) >= 11 is 0. The van der Waals surface area contributed by atoms with Crippen LogP contribution in [0.15, 0.2) is 23.8 Å². The van der Waals surface area contributed by atoms with Crippen molar-refractivity contribution >= 4 is 0 Å². The van der Waals surface area contributed by atoms with E-state index in [0.29, 0.717) is 5.41 Å². The van der Waals surface area contributed by atoms with Gasteiger partial charge in [-0.3, -0.25) is 0 Å². The average molecular weight is 256 g/mol. The second-order valence-electron chi connectivity index (χ2n) is 6.47. The minimum Gasteiger partial charge on any atom is -0.496 e. The van der Waals surface area contributed by atoms with E-state index >= 15 is 0 Å². The van der Waals surface area contributed by atoms with E-state index in [1.165, 1.54) is 31.2 Å². The van der Waals surface area contributed by atoms with Gasteiger partial charge in [0.15, 0.2) is 0 Å². The predicted octanol–water partition coefficient (Wildman–Crippen LogP) is 4.56. The van der Waals surface area contributed by atoms with Crippen LogP contribution in [0.25, 0.3) is 0 Å². The van der Waals surface area contributed by atoms with Crippen molar-refractivity contribution in [2.24, 2.45) is 5.92 Å². The number of fused-ring (bicyclic) bond motifs is 3. The molecule has 0 heterocycles. The molecule has 0 aromatic heterocycles. The molecule has 19 heavy (non-hydrogen) atoms. The van der Waals surface area contributed by atoms with Gasteiger partial charge in [0, 0.05) is 0 Å². The SMILES string of the molecule is COc1cc2c(cc1C)CCC1C(C)=CCCC21C. The van der Waals surface area contributed by atoms with E-state index in [1.54, 1.807) is 23.8 Å². The maximum absolute atomic E-state index is 5.55. The second kappa shape index (κ2) is 4.40. The summed E-state index contributed by atoms with van der Waals surface area (Å²) in [4.78, 5) is 0. The highest BCUT2D eigenvalue weighted by molar-refractivity contribution is 5.48. The molecule has 1 aromatic carbocycles. The van der Waals surface area contributed by atoms with Gasteiger partial charge in [0.2, 0.25) is 0 Å². The van der Waals surface area contributed by atoms with Gasteiger partial charge in [-0.25, -0.2) is 0 Å². The molecule has 1 aromatic rings. The number of benzene rings is 1. The maximum atomic E-state index is 5.55. The number of methoxy groups -OCH3 is 1. The lowest BCUT2D eigenvalue weighted by Gasteiger charge is -2.46. The first-order valence-electron chi connectivity index (χ1n) is 7.41. The summed E-state index contributed by atoms with van der Waals surface area (Å²) in [6.07, 6.45) is 7.45. The minimum absolute atomic E-state index is 0.313. The van der Waals surface area contributed by atoms with Crippen LogP contribution in [0.5, 0.6) is 5.75 Å². The predicted molar refractivity (Wildman–Crippen MR) is 79.9 cm³/mol. The molecule has 2 unspecified atom stereocenters. The summed E-state index contributed by atoms with van der Waals surface area (Å²) in [6.45, 7) is 6.93. The first-order valence-corrected chi connectivity index (χ1v) is 7.41. The van der Waals surface area contributed by atoms with Gasteiger partial charge in [0.1, 0.15) is 5.75 Å².